The van der Waals surface area contributed by atoms with Gasteiger partial charge < -0.3 is 15.8 Å². The molecule has 1 aliphatic carbocycles. The third kappa shape index (κ3) is 6.74. The molecule has 1 aliphatic heterocycles. The van der Waals surface area contributed by atoms with Crippen molar-refractivity contribution in [1.82, 2.24) is 15.3 Å². The lowest BCUT2D eigenvalue weighted by atomic mass is 10.0. The van der Waals surface area contributed by atoms with E-state index in [0.717, 1.165) is 12.8 Å². The van der Waals surface area contributed by atoms with Crippen LogP contribution in [0.25, 0.3) is 0 Å². The van der Waals surface area contributed by atoms with Crippen LogP contribution in [0.5, 0.6) is 0 Å². The third-order valence-corrected chi connectivity index (χ3v) is 5.35. The van der Waals surface area contributed by atoms with E-state index in [-0.39, 0.29) is 31.5 Å². The molecule has 0 radical (unpaired) electrons. The number of aryl methyl sites for hydroxylation is 1. The first-order valence-electron chi connectivity index (χ1n) is 11.0. The van der Waals surface area contributed by atoms with Crippen LogP contribution < -0.4 is 11.1 Å². The number of hydrogen-bond acceptors (Lipinski definition) is 5. The topological polar surface area (TPSA) is 97.8 Å². The minimum absolute atomic E-state index is 0. The van der Waals surface area contributed by atoms with Crippen molar-refractivity contribution in [3.8, 4) is 0 Å². The van der Waals surface area contributed by atoms with Crippen LogP contribution in [0.3, 0.4) is 0 Å². The Morgan fingerprint density at radius 2 is 2.00 bits per heavy atom. The van der Waals surface area contributed by atoms with Gasteiger partial charge in [-0.05, 0) is 36.6 Å². The molecular formula is C25H29FN6O. The van der Waals surface area contributed by atoms with E-state index >= 15 is 0 Å². The van der Waals surface area contributed by atoms with Crippen molar-refractivity contribution in [1.29, 1.82) is 0 Å². The van der Waals surface area contributed by atoms with E-state index in [1.165, 1.54) is 11.6 Å². The molecule has 7 nitrogen and oxygen atoms in total. The van der Waals surface area contributed by atoms with Gasteiger partial charge in [-0.3, -0.25) is 0 Å². The van der Waals surface area contributed by atoms with Crippen LogP contribution in [0.15, 0.2) is 94.5 Å². The number of ether oxygens (including phenoxy) is 1. The number of nitrogens with one attached hydrogen (secondary N) is 1. The molecule has 2 aromatic rings. The Morgan fingerprint density at radius 3 is 2.76 bits per heavy atom. The maximum atomic E-state index is 13.5. The third-order valence-electron chi connectivity index (χ3n) is 5.35. The normalized spacial score (nSPS) is 21.8. The molecule has 2 unspecified atom stereocenters. The van der Waals surface area contributed by atoms with E-state index in [9.17, 15) is 4.39 Å². The Kier molecular flexibility index (Phi) is 7.84. The second kappa shape index (κ2) is 11.4. The van der Waals surface area contributed by atoms with Gasteiger partial charge in [0.2, 0.25) is 0 Å². The van der Waals surface area contributed by atoms with Crippen molar-refractivity contribution < 1.29 is 10.6 Å². The molecule has 2 atom stereocenters. The van der Waals surface area contributed by atoms with Gasteiger partial charge in [-0.2, -0.15) is 4.99 Å². The van der Waals surface area contributed by atoms with Gasteiger partial charge in [-0.1, -0.05) is 42.5 Å². The molecule has 1 aromatic carbocycles. The first-order valence-corrected chi connectivity index (χ1v) is 11.0. The number of aromatic nitrogens is 2. The number of allylic oxidation sites excluding steroid dienone is 4. The molecule has 4 rings (SSSR count). The number of rotatable bonds is 6. The van der Waals surface area contributed by atoms with Crippen LogP contribution in [0.1, 0.15) is 19.8 Å². The highest BCUT2D eigenvalue weighted by Gasteiger charge is 2.26. The number of morpholine rings is 1. The van der Waals surface area contributed by atoms with Crippen molar-refractivity contribution >= 4 is 17.6 Å². The fraction of sp³-hybridized carbons (Fsp3) is 0.280. The monoisotopic (exact) mass is 448 g/mol. The molecule has 33 heavy (non-hydrogen) atoms. The Hall–Kier alpha value is -3.49. The van der Waals surface area contributed by atoms with E-state index in [2.05, 4.69) is 49.5 Å². The summed E-state index contributed by atoms with van der Waals surface area (Å²) in [4.78, 5) is 17.4. The average Bonchev–Trinajstić information content (AvgIpc) is 3.08. The Balaban J connectivity index is 0.00000324. The zero-order valence-corrected chi connectivity index (χ0v) is 18.3. The number of nitrogens with two attached hydrogens (primary N) is 1. The molecule has 3 N–H and O–H groups in total. The van der Waals surface area contributed by atoms with Gasteiger partial charge in [-0.25, -0.2) is 19.4 Å². The first kappa shape index (κ1) is 22.7. The minimum atomic E-state index is -0.414. The highest BCUT2D eigenvalue weighted by atomic mass is 19.1. The van der Waals surface area contributed by atoms with Crippen LogP contribution in [-0.2, 0) is 11.2 Å². The average molecular weight is 449 g/mol. The van der Waals surface area contributed by atoms with Gasteiger partial charge in [0.25, 0.3) is 5.95 Å². The van der Waals surface area contributed by atoms with Crippen LogP contribution in [0.4, 0.5) is 10.3 Å². The van der Waals surface area contributed by atoms with Gasteiger partial charge in [-0.15, -0.1) is 0 Å². The second-order valence-electron chi connectivity index (χ2n) is 7.81. The van der Waals surface area contributed by atoms with E-state index in [0.29, 0.717) is 24.6 Å². The van der Waals surface area contributed by atoms with Gasteiger partial charge >= 0.3 is 0 Å². The van der Waals surface area contributed by atoms with Crippen LogP contribution in [0.2, 0.25) is 0 Å². The van der Waals surface area contributed by atoms with Crippen LogP contribution in [-0.4, -0.2) is 46.9 Å². The fourth-order valence-electron chi connectivity index (χ4n) is 3.54. The lowest BCUT2D eigenvalue weighted by Crippen LogP contribution is -2.49. The maximum Gasteiger partial charge on any atom is 0.251 e. The quantitative estimate of drug-likeness (QED) is 0.517. The predicted molar refractivity (Wildman–Crippen MR) is 130 cm³/mol. The summed E-state index contributed by atoms with van der Waals surface area (Å²) in [5.41, 5.74) is 8.15. The molecule has 172 valence electrons. The molecule has 0 bridgehead atoms. The number of nitrogens with zero attached hydrogens (tertiary/aromatic N) is 4. The maximum absolute atomic E-state index is 13.5. The van der Waals surface area contributed by atoms with Crippen molar-refractivity contribution in [2.24, 2.45) is 15.7 Å². The van der Waals surface area contributed by atoms with Crippen molar-refractivity contribution in [2.45, 2.75) is 31.4 Å². The summed E-state index contributed by atoms with van der Waals surface area (Å²) in [5.74, 6) is 0.634. The molecule has 2 aliphatic rings. The van der Waals surface area contributed by atoms with E-state index < -0.39 is 6.10 Å². The smallest absolute Gasteiger partial charge is 0.251 e. The molecule has 0 saturated carbocycles. The zero-order valence-electron chi connectivity index (χ0n) is 18.3. The number of hydrogen-bond donors (Lipinski definition) is 2. The standard InChI is InChI=1S/C25H27FN6O.H2/c26-20-9-4-8-19(11-12-20)23(27)31-24(32-25-28-14-5-15-29-25)22-16-30-21(17-33-22)13-10-18-6-2-1-3-7-18;/h1-8,11-12,14-15,21-22,30H,9-10,13,16-17H2,(H2,27,28,29,31,32);1H. The van der Waals surface area contributed by atoms with Crippen molar-refractivity contribution in [2.75, 3.05) is 13.2 Å². The van der Waals surface area contributed by atoms with Crippen molar-refractivity contribution in [3.63, 3.8) is 0 Å². The Bertz CT molecular complexity index is 1080. The molecule has 2 heterocycles. The highest BCUT2D eigenvalue weighted by molar-refractivity contribution is 6.08. The lowest BCUT2D eigenvalue weighted by Gasteiger charge is -2.30. The van der Waals surface area contributed by atoms with Gasteiger partial charge in [0.15, 0.2) is 5.84 Å². The number of halogens is 1. The predicted octanol–water partition coefficient (Wildman–Crippen LogP) is 3.84. The summed E-state index contributed by atoms with van der Waals surface area (Å²) in [6.45, 7) is 1.06. The second-order valence-corrected chi connectivity index (χ2v) is 7.81. The SMILES string of the molecule is NC(=N/C(=N/c1ncccn1)C1CNC(CCc2ccccc2)CO1)C1=CC=C(F)CC=C1.[HH]. The largest absolute Gasteiger partial charge is 0.383 e. The van der Waals surface area contributed by atoms with Crippen LogP contribution >= 0.6 is 0 Å². The first-order chi connectivity index (χ1) is 16.2. The van der Waals surface area contributed by atoms with E-state index in [1.807, 2.05) is 6.07 Å². The van der Waals surface area contributed by atoms with E-state index in [4.69, 9.17) is 10.5 Å². The van der Waals surface area contributed by atoms with Crippen LogP contribution in [0, 0.1) is 0 Å². The molecule has 1 saturated heterocycles. The summed E-state index contributed by atoms with van der Waals surface area (Å²) in [6, 6.07) is 12.3. The number of benzene rings is 1. The summed E-state index contributed by atoms with van der Waals surface area (Å²) < 4.78 is 19.7. The van der Waals surface area contributed by atoms with Gasteiger partial charge in [0.1, 0.15) is 17.8 Å². The lowest BCUT2D eigenvalue weighted by molar-refractivity contribution is 0.0400. The zero-order chi connectivity index (χ0) is 22.9. The van der Waals surface area contributed by atoms with E-state index in [1.54, 1.807) is 36.7 Å². The Morgan fingerprint density at radius 1 is 1.18 bits per heavy atom. The fourth-order valence-corrected chi connectivity index (χ4v) is 3.54. The summed E-state index contributed by atoms with van der Waals surface area (Å²) >= 11 is 0. The van der Waals surface area contributed by atoms with Gasteiger partial charge in [0.05, 0.1) is 6.61 Å². The highest BCUT2D eigenvalue weighted by Crippen LogP contribution is 2.15. The molecule has 8 heteroatoms. The summed E-state index contributed by atoms with van der Waals surface area (Å²) in [6.07, 6.45) is 11.4. The summed E-state index contributed by atoms with van der Waals surface area (Å²) in [5, 5.41) is 3.53. The van der Waals surface area contributed by atoms with Gasteiger partial charge in [0, 0.05) is 38.4 Å². The van der Waals surface area contributed by atoms with Crippen molar-refractivity contribution in [3.05, 3.63) is 90.1 Å². The molecule has 1 fully saturated rings. The molecule has 1 aromatic heterocycles. The Labute approximate surface area is 194 Å². The summed E-state index contributed by atoms with van der Waals surface area (Å²) in [7, 11) is 0. The minimum Gasteiger partial charge on any atom is -0.383 e. The molecule has 0 amide bonds. The molecule has 0 spiro atoms. The molecular weight excluding hydrogens is 419 g/mol. The number of amidine groups is 2. The number of aliphatic imine (C=N–C) groups is 2.